The molecule has 1 N–H and O–H groups in total. The predicted octanol–water partition coefficient (Wildman–Crippen LogP) is 3.01. The van der Waals surface area contributed by atoms with Gasteiger partial charge in [0.2, 0.25) is 5.91 Å². The van der Waals surface area contributed by atoms with Gasteiger partial charge in [0.1, 0.15) is 12.7 Å². The molecule has 0 spiro atoms. The quantitative estimate of drug-likeness (QED) is 0.930. The van der Waals surface area contributed by atoms with E-state index in [0.29, 0.717) is 5.56 Å². The number of carbonyl (C=O) groups is 1. The highest BCUT2D eigenvalue weighted by atomic mass is 19.4. The highest BCUT2D eigenvalue weighted by molar-refractivity contribution is 5.85. The van der Waals surface area contributed by atoms with Crippen LogP contribution < -0.4 is 5.32 Å². The molecule has 1 heterocycles. The lowest BCUT2D eigenvalue weighted by Gasteiger charge is -2.25. The van der Waals surface area contributed by atoms with Crippen molar-refractivity contribution in [2.45, 2.75) is 39.2 Å². The van der Waals surface area contributed by atoms with Crippen molar-refractivity contribution in [2.75, 3.05) is 6.54 Å². The SMILES string of the molecule is Cc1cccc(C2NC(C(C)C)C(=O)N2CC(F)(F)F)c1. The van der Waals surface area contributed by atoms with Gasteiger partial charge in [-0.2, -0.15) is 13.2 Å². The number of aryl methyl sites for hydroxylation is 1. The first-order valence-electron chi connectivity index (χ1n) is 6.89. The molecule has 0 saturated carbocycles. The summed E-state index contributed by atoms with van der Waals surface area (Å²) in [5, 5.41) is 3.03. The zero-order valence-electron chi connectivity index (χ0n) is 12.2. The van der Waals surface area contributed by atoms with Gasteiger partial charge in [-0.1, -0.05) is 43.7 Å². The number of nitrogens with one attached hydrogen (secondary N) is 1. The molecular formula is C15H19F3N2O. The number of amides is 1. The Balaban J connectivity index is 2.34. The number of alkyl halides is 3. The molecule has 0 aromatic heterocycles. The largest absolute Gasteiger partial charge is 0.406 e. The Kier molecular flexibility index (Phi) is 4.27. The Bertz CT molecular complexity index is 528. The average Bonchev–Trinajstić information content (AvgIpc) is 2.65. The Labute approximate surface area is 122 Å². The fourth-order valence-electron chi connectivity index (χ4n) is 2.59. The van der Waals surface area contributed by atoms with E-state index in [2.05, 4.69) is 5.32 Å². The summed E-state index contributed by atoms with van der Waals surface area (Å²) in [6, 6.07) is 6.61. The van der Waals surface area contributed by atoms with Crippen LogP contribution >= 0.6 is 0 Å². The normalized spacial score (nSPS) is 23.2. The summed E-state index contributed by atoms with van der Waals surface area (Å²) in [4.78, 5) is 13.1. The molecule has 21 heavy (non-hydrogen) atoms. The Morgan fingerprint density at radius 3 is 2.52 bits per heavy atom. The van der Waals surface area contributed by atoms with E-state index in [1.807, 2.05) is 26.8 Å². The first kappa shape index (κ1) is 15.8. The third kappa shape index (κ3) is 3.56. The zero-order chi connectivity index (χ0) is 15.8. The molecule has 1 fully saturated rings. The third-order valence-corrected chi connectivity index (χ3v) is 3.57. The standard InChI is InChI=1S/C15H19F3N2O/c1-9(2)12-14(21)20(8-15(16,17)18)13(19-12)11-6-4-5-10(3)7-11/h4-7,9,12-13,19H,8H2,1-3H3. The molecule has 116 valence electrons. The molecule has 0 bridgehead atoms. The average molecular weight is 300 g/mol. The second-order valence-corrected chi connectivity index (χ2v) is 5.79. The summed E-state index contributed by atoms with van der Waals surface area (Å²) in [6.45, 7) is 4.27. The number of benzene rings is 1. The van der Waals surface area contributed by atoms with Crippen LogP contribution in [0.5, 0.6) is 0 Å². The van der Waals surface area contributed by atoms with Crippen LogP contribution in [0.3, 0.4) is 0 Å². The molecule has 1 aromatic carbocycles. The van der Waals surface area contributed by atoms with Crippen molar-refractivity contribution < 1.29 is 18.0 Å². The van der Waals surface area contributed by atoms with Crippen molar-refractivity contribution in [2.24, 2.45) is 5.92 Å². The second-order valence-electron chi connectivity index (χ2n) is 5.79. The highest BCUT2D eigenvalue weighted by Gasteiger charge is 2.45. The molecule has 0 aliphatic carbocycles. The lowest BCUT2D eigenvalue weighted by molar-refractivity contribution is -0.162. The van der Waals surface area contributed by atoms with Gasteiger partial charge in [0.25, 0.3) is 0 Å². The van der Waals surface area contributed by atoms with Gasteiger partial charge in [0, 0.05) is 0 Å². The van der Waals surface area contributed by atoms with Crippen LogP contribution in [0.15, 0.2) is 24.3 Å². The van der Waals surface area contributed by atoms with Crippen LogP contribution in [0.4, 0.5) is 13.2 Å². The van der Waals surface area contributed by atoms with Gasteiger partial charge in [-0.3, -0.25) is 10.1 Å². The summed E-state index contributed by atoms with van der Waals surface area (Å²) < 4.78 is 38.3. The maximum absolute atomic E-state index is 12.8. The van der Waals surface area contributed by atoms with Crippen molar-refractivity contribution in [3.8, 4) is 0 Å². The summed E-state index contributed by atoms with van der Waals surface area (Å²) in [7, 11) is 0. The van der Waals surface area contributed by atoms with E-state index in [1.165, 1.54) is 0 Å². The molecule has 6 heteroatoms. The van der Waals surface area contributed by atoms with Gasteiger partial charge in [-0.25, -0.2) is 0 Å². The summed E-state index contributed by atoms with van der Waals surface area (Å²) in [5.74, 6) is -0.558. The fourth-order valence-corrected chi connectivity index (χ4v) is 2.59. The minimum atomic E-state index is -4.41. The maximum Gasteiger partial charge on any atom is 0.406 e. The predicted molar refractivity (Wildman–Crippen MR) is 73.4 cm³/mol. The third-order valence-electron chi connectivity index (χ3n) is 3.57. The van der Waals surface area contributed by atoms with Crippen LogP contribution in [0.1, 0.15) is 31.1 Å². The molecule has 2 atom stereocenters. The van der Waals surface area contributed by atoms with Crippen molar-refractivity contribution in [1.29, 1.82) is 0 Å². The summed E-state index contributed by atoms with van der Waals surface area (Å²) in [5.41, 5.74) is 1.62. The van der Waals surface area contributed by atoms with Gasteiger partial charge in [-0.05, 0) is 18.4 Å². The Morgan fingerprint density at radius 1 is 1.33 bits per heavy atom. The van der Waals surface area contributed by atoms with E-state index in [0.717, 1.165) is 10.5 Å². The molecule has 1 aromatic rings. The van der Waals surface area contributed by atoms with Crippen LogP contribution in [0.2, 0.25) is 0 Å². The van der Waals surface area contributed by atoms with Crippen LogP contribution in [-0.4, -0.2) is 29.6 Å². The lowest BCUT2D eigenvalue weighted by Crippen LogP contribution is -2.39. The maximum atomic E-state index is 12.8. The van der Waals surface area contributed by atoms with Crippen molar-refractivity contribution >= 4 is 5.91 Å². The first-order valence-corrected chi connectivity index (χ1v) is 6.89. The summed E-state index contributed by atoms with van der Waals surface area (Å²) >= 11 is 0. The van der Waals surface area contributed by atoms with Crippen molar-refractivity contribution in [3.05, 3.63) is 35.4 Å². The zero-order valence-corrected chi connectivity index (χ0v) is 12.2. The number of carbonyl (C=O) groups excluding carboxylic acids is 1. The van der Waals surface area contributed by atoms with E-state index in [-0.39, 0.29) is 5.92 Å². The molecule has 1 aliphatic rings. The molecule has 1 saturated heterocycles. The number of hydrogen-bond donors (Lipinski definition) is 1. The summed E-state index contributed by atoms with van der Waals surface area (Å²) in [6.07, 6.45) is -5.14. The van der Waals surface area contributed by atoms with Crippen molar-refractivity contribution in [3.63, 3.8) is 0 Å². The topological polar surface area (TPSA) is 32.3 Å². The van der Waals surface area contributed by atoms with Gasteiger partial charge in [0.05, 0.1) is 6.04 Å². The van der Waals surface area contributed by atoms with Crippen LogP contribution in [0, 0.1) is 12.8 Å². The minimum Gasteiger partial charge on any atom is -0.312 e. The van der Waals surface area contributed by atoms with Crippen LogP contribution in [0.25, 0.3) is 0 Å². The van der Waals surface area contributed by atoms with Gasteiger partial charge < -0.3 is 4.90 Å². The molecule has 1 amide bonds. The van der Waals surface area contributed by atoms with E-state index in [4.69, 9.17) is 0 Å². The smallest absolute Gasteiger partial charge is 0.312 e. The number of rotatable bonds is 3. The van der Waals surface area contributed by atoms with Gasteiger partial charge in [-0.15, -0.1) is 0 Å². The second kappa shape index (κ2) is 5.67. The van der Waals surface area contributed by atoms with E-state index in [9.17, 15) is 18.0 Å². The van der Waals surface area contributed by atoms with Crippen molar-refractivity contribution in [1.82, 2.24) is 10.2 Å². The number of nitrogens with zero attached hydrogens (tertiary/aromatic N) is 1. The Morgan fingerprint density at radius 2 is 2.00 bits per heavy atom. The molecule has 0 radical (unpaired) electrons. The lowest BCUT2D eigenvalue weighted by atomic mass is 10.0. The highest BCUT2D eigenvalue weighted by Crippen LogP contribution is 2.31. The fraction of sp³-hybridized carbons (Fsp3) is 0.533. The number of hydrogen-bond acceptors (Lipinski definition) is 2. The van der Waals surface area contributed by atoms with E-state index in [1.54, 1.807) is 18.2 Å². The molecule has 2 rings (SSSR count). The van der Waals surface area contributed by atoms with E-state index >= 15 is 0 Å². The monoisotopic (exact) mass is 300 g/mol. The number of halogens is 3. The first-order chi connectivity index (χ1) is 9.69. The van der Waals surface area contributed by atoms with Gasteiger partial charge in [0.15, 0.2) is 0 Å². The molecular weight excluding hydrogens is 281 g/mol. The van der Waals surface area contributed by atoms with Gasteiger partial charge >= 0.3 is 6.18 Å². The molecule has 2 unspecified atom stereocenters. The Hall–Kier alpha value is -1.56. The minimum absolute atomic E-state index is 0.0666. The van der Waals surface area contributed by atoms with Crippen LogP contribution in [-0.2, 0) is 4.79 Å². The molecule has 1 aliphatic heterocycles. The van der Waals surface area contributed by atoms with E-state index < -0.39 is 30.8 Å². The molecule has 3 nitrogen and oxygen atoms in total.